The van der Waals surface area contributed by atoms with E-state index in [1.165, 1.54) is 19.3 Å². The monoisotopic (exact) mass is 348 g/mol. The number of nitrogens with zero attached hydrogens (tertiary/aromatic N) is 2. The fourth-order valence-corrected chi connectivity index (χ4v) is 7.22. The number of thioether (sulfide) groups is 1. The lowest BCUT2D eigenvalue weighted by molar-refractivity contribution is 0.0380. The van der Waals surface area contributed by atoms with Gasteiger partial charge in [-0.15, -0.1) is 0 Å². The maximum Gasteiger partial charge on any atom is 0.214 e. The molecule has 0 N–H and O–H groups in total. The zero-order valence-electron chi connectivity index (χ0n) is 13.3. The Balaban J connectivity index is 1.52. The van der Waals surface area contributed by atoms with Crippen molar-refractivity contribution in [2.45, 2.75) is 43.4 Å². The van der Waals surface area contributed by atoms with Crippen LogP contribution in [0.3, 0.4) is 0 Å². The molecule has 0 radical (unpaired) electrons. The van der Waals surface area contributed by atoms with E-state index in [-0.39, 0.29) is 6.04 Å². The molecular formula is C15H28N2O3S2. The molecule has 3 rings (SSSR count). The first-order valence-corrected chi connectivity index (χ1v) is 11.2. The molecule has 3 fully saturated rings. The summed E-state index contributed by atoms with van der Waals surface area (Å²) in [5.41, 5.74) is 0. The van der Waals surface area contributed by atoms with Crippen LogP contribution >= 0.6 is 11.8 Å². The molecule has 7 heteroatoms. The van der Waals surface area contributed by atoms with Gasteiger partial charge in [0, 0.05) is 36.7 Å². The molecule has 2 atom stereocenters. The number of sulfonamides is 1. The van der Waals surface area contributed by atoms with Crippen LogP contribution in [0.15, 0.2) is 0 Å². The predicted molar refractivity (Wildman–Crippen MR) is 90.9 cm³/mol. The number of ether oxygens (including phenoxy) is 1. The molecule has 0 amide bonds. The molecule has 0 bridgehead atoms. The number of hydrogen-bond donors (Lipinski definition) is 0. The Morgan fingerprint density at radius 3 is 2.68 bits per heavy atom. The molecule has 1 saturated carbocycles. The Bertz CT molecular complexity index is 450. The highest BCUT2D eigenvalue weighted by molar-refractivity contribution is 8.00. The average Bonchev–Trinajstić information content (AvgIpc) is 2.55. The maximum absolute atomic E-state index is 12.8. The quantitative estimate of drug-likeness (QED) is 0.752. The number of fused-ring (bicyclic) bond motifs is 1. The van der Waals surface area contributed by atoms with Gasteiger partial charge in [-0.1, -0.05) is 12.8 Å². The van der Waals surface area contributed by atoms with Crippen molar-refractivity contribution in [3.8, 4) is 0 Å². The molecule has 0 aromatic rings. The van der Waals surface area contributed by atoms with Gasteiger partial charge in [-0.3, -0.25) is 4.90 Å². The van der Waals surface area contributed by atoms with Crippen LogP contribution in [0.5, 0.6) is 0 Å². The van der Waals surface area contributed by atoms with Gasteiger partial charge < -0.3 is 4.74 Å². The average molecular weight is 349 g/mol. The molecular weight excluding hydrogens is 320 g/mol. The van der Waals surface area contributed by atoms with Crippen LogP contribution in [0.1, 0.15) is 32.1 Å². The van der Waals surface area contributed by atoms with Gasteiger partial charge in [-0.25, -0.2) is 8.42 Å². The first-order chi connectivity index (χ1) is 10.7. The predicted octanol–water partition coefficient (Wildman–Crippen LogP) is 1.40. The molecule has 0 unspecified atom stereocenters. The van der Waals surface area contributed by atoms with Crippen molar-refractivity contribution in [3.05, 3.63) is 0 Å². The van der Waals surface area contributed by atoms with Gasteiger partial charge in [0.25, 0.3) is 0 Å². The summed E-state index contributed by atoms with van der Waals surface area (Å²) in [7, 11) is -3.09. The van der Waals surface area contributed by atoms with Crippen molar-refractivity contribution in [2.75, 3.05) is 50.9 Å². The second-order valence-electron chi connectivity index (χ2n) is 6.50. The lowest BCUT2D eigenvalue weighted by Gasteiger charge is -2.42. The highest BCUT2D eigenvalue weighted by Gasteiger charge is 2.39. The van der Waals surface area contributed by atoms with Gasteiger partial charge >= 0.3 is 0 Å². The Morgan fingerprint density at radius 1 is 1.09 bits per heavy atom. The zero-order valence-corrected chi connectivity index (χ0v) is 14.9. The van der Waals surface area contributed by atoms with Crippen LogP contribution in [0.25, 0.3) is 0 Å². The third-order valence-electron chi connectivity index (χ3n) is 5.02. The molecule has 0 aromatic heterocycles. The van der Waals surface area contributed by atoms with Gasteiger partial charge in [0.15, 0.2) is 0 Å². The summed E-state index contributed by atoms with van der Waals surface area (Å²) in [6.45, 7) is 5.01. The summed E-state index contributed by atoms with van der Waals surface area (Å²) in [4.78, 5) is 2.31. The van der Waals surface area contributed by atoms with Gasteiger partial charge in [-0.2, -0.15) is 16.1 Å². The Kier molecular flexibility index (Phi) is 6.06. The first-order valence-electron chi connectivity index (χ1n) is 8.58. The van der Waals surface area contributed by atoms with E-state index in [9.17, 15) is 8.42 Å². The van der Waals surface area contributed by atoms with Crippen LogP contribution in [0.2, 0.25) is 0 Å². The number of hydrogen-bond acceptors (Lipinski definition) is 5. The second kappa shape index (κ2) is 7.83. The molecule has 22 heavy (non-hydrogen) atoms. The van der Waals surface area contributed by atoms with Crippen molar-refractivity contribution in [1.82, 2.24) is 9.21 Å². The minimum absolute atomic E-state index is 0.265. The highest BCUT2D eigenvalue weighted by Crippen LogP contribution is 2.36. The minimum atomic E-state index is -3.09. The smallest absolute Gasteiger partial charge is 0.214 e. The topological polar surface area (TPSA) is 49.9 Å². The van der Waals surface area contributed by atoms with Gasteiger partial charge in [0.2, 0.25) is 10.0 Å². The molecule has 2 saturated heterocycles. The van der Waals surface area contributed by atoms with Crippen LogP contribution in [-0.4, -0.2) is 79.8 Å². The fraction of sp³-hybridized carbons (Fsp3) is 1.00. The molecule has 128 valence electrons. The van der Waals surface area contributed by atoms with E-state index in [0.717, 1.165) is 51.4 Å². The van der Waals surface area contributed by atoms with Crippen molar-refractivity contribution >= 4 is 21.8 Å². The molecule has 3 aliphatic rings. The molecule has 0 aromatic carbocycles. The summed E-state index contributed by atoms with van der Waals surface area (Å²) in [5.74, 6) is 1.27. The molecule has 2 aliphatic heterocycles. The Morgan fingerprint density at radius 2 is 1.86 bits per heavy atom. The normalized spacial score (nSPS) is 31.8. The summed E-state index contributed by atoms with van der Waals surface area (Å²) < 4.78 is 32.7. The fourth-order valence-electron chi connectivity index (χ4n) is 3.82. The van der Waals surface area contributed by atoms with Crippen LogP contribution in [0, 0.1) is 0 Å². The van der Waals surface area contributed by atoms with E-state index in [2.05, 4.69) is 4.90 Å². The lowest BCUT2D eigenvalue weighted by atomic mass is 9.95. The van der Waals surface area contributed by atoms with Crippen molar-refractivity contribution < 1.29 is 13.2 Å². The highest BCUT2D eigenvalue weighted by atomic mass is 32.2. The van der Waals surface area contributed by atoms with Crippen molar-refractivity contribution in [1.29, 1.82) is 0 Å². The molecule has 2 heterocycles. The van der Waals surface area contributed by atoms with Crippen molar-refractivity contribution in [2.24, 2.45) is 0 Å². The molecule has 1 aliphatic carbocycles. The minimum Gasteiger partial charge on any atom is -0.379 e. The Labute approximate surface area is 138 Å². The zero-order chi connectivity index (χ0) is 15.4. The van der Waals surface area contributed by atoms with E-state index < -0.39 is 10.0 Å². The van der Waals surface area contributed by atoms with E-state index in [4.69, 9.17) is 4.74 Å². The standard InChI is InChI=1S/C15H28N2O3S2/c18-22(19,13-3-6-16-7-10-20-11-8-16)17-9-12-21-15-5-2-1-4-14(15)17/h14-15H,1-13H2/t14-,15+/m1/s1. The van der Waals surface area contributed by atoms with Crippen LogP contribution in [0.4, 0.5) is 0 Å². The van der Waals surface area contributed by atoms with Gasteiger partial charge in [0.05, 0.1) is 19.0 Å². The van der Waals surface area contributed by atoms with E-state index >= 15 is 0 Å². The summed E-state index contributed by atoms with van der Waals surface area (Å²) in [5, 5.41) is 0.538. The summed E-state index contributed by atoms with van der Waals surface area (Å²) in [6.07, 6.45) is 5.43. The maximum atomic E-state index is 12.8. The molecule has 5 nitrogen and oxygen atoms in total. The van der Waals surface area contributed by atoms with Crippen molar-refractivity contribution in [3.63, 3.8) is 0 Å². The third-order valence-corrected chi connectivity index (χ3v) is 8.39. The summed E-state index contributed by atoms with van der Waals surface area (Å²) >= 11 is 1.99. The van der Waals surface area contributed by atoms with Gasteiger partial charge in [-0.05, 0) is 25.8 Å². The summed E-state index contributed by atoms with van der Waals surface area (Å²) in [6, 6.07) is 0.265. The second-order valence-corrected chi connectivity index (χ2v) is 9.88. The van der Waals surface area contributed by atoms with E-state index in [1.807, 2.05) is 16.1 Å². The van der Waals surface area contributed by atoms with Crippen LogP contribution < -0.4 is 0 Å². The number of rotatable bonds is 5. The third kappa shape index (κ3) is 4.17. The van der Waals surface area contributed by atoms with E-state index in [0.29, 0.717) is 17.5 Å². The number of morpholine rings is 1. The first kappa shape index (κ1) is 17.0. The largest absolute Gasteiger partial charge is 0.379 e. The molecule has 0 spiro atoms. The Hall–Kier alpha value is 0.180. The SMILES string of the molecule is O=S(=O)(CCCN1CCOCC1)N1CCS[C@H]2CCCC[C@H]21. The lowest BCUT2D eigenvalue weighted by Crippen LogP contribution is -2.52. The van der Waals surface area contributed by atoms with Crippen LogP contribution in [-0.2, 0) is 14.8 Å². The van der Waals surface area contributed by atoms with Gasteiger partial charge in [0.1, 0.15) is 0 Å². The van der Waals surface area contributed by atoms with E-state index in [1.54, 1.807) is 0 Å².